The number of hydrogen-bond donors (Lipinski definition) is 2. The third-order valence-electron chi connectivity index (χ3n) is 5.25. The molecular weight excluding hydrogens is 371 g/mol. The lowest BCUT2D eigenvalue weighted by molar-refractivity contribution is 0.0939. The molecule has 3 aromatic rings. The van der Waals surface area contributed by atoms with E-state index >= 15 is 0 Å². The molecule has 150 valence electrons. The van der Waals surface area contributed by atoms with Gasteiger partial charge in [-0.25, -0.2) is 4.39 Å². The van der Waals surface area contributed by atoms with Gasteiger partial charge in [0.25, 0.3) is 5.91 Å². The van der Waals surface area contributed by atoms with Gasteiger partial charge < -0.3 is 15.0 Å². The molecule has 2 N–H and O–H groups in total. The lowest BCUT2D eigenvalue weighted by Crippen LogP contribution is -2.37. The molecule has 1 aromatic heterocycles. The maximum Gasteiger partial charge on any atom is 0.251 e. The summed E-state index contributed by atoms with van der Waals surface area (Å²) < 4.78 is 18.3. The number of rotatable bonds is 5. The van der Waals surface area contributed by atoms with Crippen LogP contribution in [0.5, 0.6) is 5.75 Å². The minimum Gasteiger partial charge on any atom is -0.497 e. The fourth-order valence-corrected chi connectivity index (χ4v) is 3.62. The molecule has 7 heteroatoms. The zero-order valence-electron chi connectivity index (χ0n) is 16.4. The fraction of sp³-hybridized carbons (Fsp3) is 0.273. The van der Waals surface area contributed by atoms with E-state index in [9.17, 15) is 9.18 Å². The number of nitrogens with zero attached hydrogens (tertiary/aromatic N) is 2. The van der Waals surface area contributed by atoms with Gasteiger partial charge >= 0.3 is 0 Å². The van der Waals surface area contributed by atoms with Crippen molar-refractivity contribution in [2.24, 2.45) is 0 Å². The summed E-state index contributed by atoms with van der Waals surface area (Å²) >= 11 is 0. The van der Waals surface area contributed by atoms with E-state index in [1.54, 1.807) is 31.4 Å². The molecular formula is C22H23FN4O2. The molecule has 1 aliphatic heterocycles. The number of halogens is 1. The van der Waals surface area contributed by atoms with Gasteiger partial charge in [-0.2, -0.15) is 5.10 Å². The van der Waals surface area contributed by atoms with Crippen molar-refractivity contribution in [3.63, 3.8) is 0 Å². The highest BCUT2D eigenvalue weighted by molar-refractivity contribution is 5.96. The Morgan fingerprint density at radius 1 is 1.24 bits per heavy atom. The van der Waals surface area contributed by atoms with Crippen LogP contribution in [0.25, 0.3) is 11.3 Å². The fourth-order valence-electron chi connectivity index (χ4n) is 3.62. The highest BCUT2D eigenvalue weighted by Crippen LogP contribution is 2.25. The molecule has 0 spiro atoms. The Labute approximate surface area is 168 Å². The maximum absolute atomic E-state index is 13.1. The zero-order valence-corrected chi connectivity index (χ0v) is 16.4. The first-order valence-electron chi connectivity index (χ1n) is 9.55. The highest BCUT2D eigenvalue weighted by Gasteiger charge is 2.26. The number of carbonyl (C=O) groups is 1. The van der Waals surface area contributed by atoms with Crippen LogP contribution in [0, 0.1) is 12.7 Å². The maximum atomic E-state index is 13.1. The number of ether oxygens (including phenoxy) is 1. The first kappa shape index (κ1) is 19.0. The number of methoxy groups -OCH3 is 1. The Morgan fingerprint density at radius 2 is 2.03 bits per heavy atom. The van der Waals surface area contributed by atoms with Gasteiger partial charge in [-0.1, -0.05) is 0 Å². The smallest absolute Gasteiger partial charge is 0.251 e. The number of carbonyl (C=O) groups excluding carboxylic acids is 1. The zero-order chi connectivity index (χ0) is 20.4. The van der Waals surface area contributed by atoms with Gasteiger partial charge in [0.15, 0.2) is 5.82 Å². The van der Waals surface area contributed by atoms with Crippen LogP contribution < -0.4 is 15.0 Å². The lowest BCUT2D eigenvalue weighted by atomic mass is 10.1. The molecule has 1 fully saturated rings. The summed E-state index contributed by atoms with van der Waals surface area (Å²) in [6.45, 7) is 3.40. The number of aromatic amines is 1. The molecule has 29 heavy (non-hydrogen) atoms. The van der Waals surface area contributed by atoms with Crippen molar-refractivity contribution in [2.75, 3.05) is 25.1 Å². The number of nitrogens with one attached hydrogen (secondary N) is 2. The molecule has 6 nitrogen and oxygen atoms in total. The van der Waals surface area contributed by atoms with Gasteiger partial charge in [0, 0.05) is 30.8 Å². The lowest BCUT2D eigenvalue weighted by Gasteiger charge is -2.16. The number of benzene rings is 2. The second-order valence-corrected chi connectivity index (χ2v) is 7.23. The minimum absolute atomic E-state index is 0.0509. The van der Waals surface area contributed by atoms with Crippen LogP contribution in [0.2, 0.25) is 0 Å². The quantitative estimate of drug-likeness (QED) is 0.694. The molecule has 1 saturated heterocycles. The van der Waals surface area contributed by atoms with Crippen LogP contribution in [0.15, 0.2) is 48.5 Å². The molecule has 2 heterocycles. The molecule has 1 aliphatic rings. The number of aromatic nitrogens is 2. The SMILES string of the molecule is COc1ccc(C(=O)NC2CCN(c3cc(-c4ccc(F)cc4)[nH]n3)C2)c(C)c1. The molecule has 2 aromatic carbocycles. The van der Waals surface area contributed by atoms with E-state index < -0.39 is 0 Å². The van der Waals surface area contributed by atoms with E-state index in [2.05, 4.69) is 20.4 Å². The summed E-state index contributed by atoms with van der Waals surface area (Å²) in [4.78, 5) is 14.8. The Morgan fingerprint density at radius 3 is 2.76 bits per heavy atom. The summed E-state index contributed by atoms with van der Waals surface area (Å²) in [5.74, 6) is 1.22. The highest BCUT2D eigenvalue weighted by atomic mass is 19.1. The Kier molecular flexibility index (Phi) is 5.20. The number of amides is 1. The van der Waals surface area contributed by atoms with Crippen LogP contribution in [-0.4, -0.2) is 42.3 Å². The van der Waals surface area contributed by atoms with Crippen LogP contribution in [0.4, 0.5) is 10.2 Å². The van der Waals surface area contributed by atoms with Gasteiger partial charge in [-0.15, -0.1) is 0 Å². The topological polar surface area (TPSA) is 70.2 Å². The van der Waals surface area contributed by atoms with Crippen molar-refractivity contribution in [3.05, 3.63) is 65.5 Å². The van der Waals surface area contributed by atoms with Crippen LogP contribution in [0.3, 0.4) is 0 Å². The Hall–Kier alpha value is -3.35. The number of anilines is 1. The molecule has 0 radical (unpaired) electrons. The summed E-state index contributed by atoms with van der Waals surface area (Å²) in [5.41, 5.74) is 3.25. The van der Waals surface area contributed by atoms with Crippen LogP contribution in [0.1, 0.15) is 22.3 Å². The largest absolute Gasteiger partial charge is 0.497 e. The molecule has 1 atom stereocenters. The van der Waals surface area contributed by atoms with Crippen LogP contribution in [-0.2, 0) is 0 Å². The minimum atomic E-state index is -0.265. The first-order chi connectivity index (χ1) is 14.0. The van der Waals surface area contributed by atoms with Crippen molar-refractivity contribution in [1.82, 2.24) is 15.5 Å². The van der Waals surface area contributed by atoms with Crippen molar-refractivity contribution in [1.29, 1.82) is 0 Å². The summed E-state index contributed by atoms with van der Waals surface area (Å²) in [6.07, 6.45) is 0.847. The summed E-state index contributed by atoms with van der Waals surface area (Å²) in [6, 6.07) is 13.7. The summed E-state index contributed by atoms with van der Waals surface area (Å²) in [7, 11) is 1.61. The third-order valence-corrected chi connectivity index (χ3v) is 5.25. The van der Waals surface area contributed by atoms with Gasteiger partial charge in [0.1, 0.15) is 11.6 Å². The summed E-state index contributed by atoms with van der Waals surface area (Å²) in [5, 5.41) is 10.5. The molecule has 0 saturated carbocycles. The van der Waals surface area contributed by atoms with Crippen LogP contribution >= 0.6 is 0 Å². The van der Waals surface area contributed by atoms with Gasteiger partial charge in [-0.3, -0.25) is 9.89 Å². The molecule has 1 unspecified atom stereocenters. The van der Waals surface area contributed by atoms with Gasteiger partial charge in [0.05, 0.1) is 12.8 Å². The number of H-pyrrole nitrogens is 1. The van der Waals surface area contributed by atoms with E-state index in [1.165, 1.54) is 12.1 Å². The number of aryl methyl sites for hydroxylation is 1. The molecule has 4 rings (SSSR count). The first-order valence-corrected chi connectivity index (χ1v) is 9.55. The van der Waals surface area contributed by atoms with Gasteiger partial charge in [0.2, 0.25) is 0 Å². The Bertz CT molecular complexity index is 1020. The second kappa shape index (κ2) is 7.95. The van der Waals surface area contributed by atoms with E-state index in [0.29, 0.717) is 12.1 Å². The normalized spacial score (nSPS) is 16.1. The number of hydrogen-bond acceptors (Lipinski definition) is 4. The standard InChI is InChI=1S/C22H23FN4O2/c1-14-11-18(29-2)7-8-19(14)22(28)24-17-9-10-27(13-17)21-12-20(25-26-21)15-3-5-16(23)6-4-15/h3-8,11-12,17H,9-10,13H2,1-2H3,(H,24,28)(H,25,26). The van der Waals surface area contributed by atoms with Crippen molar-refractivity contribution >= 4 is 11.7 Å². The molecule has 0 aliphatic carbocycles. The predicted octanol–water partition coefficient (Wildman–Crippen LogP) is 3.54. The average molecular weight is 394 g/mol. The van der Waals surface area contributed by atoms with E-state index in [4.69, 9.17) is 4.74 Å². The monoisotopic (exact) mass is 394 g/mol. The van der Waals surface area contributed by atoms with Crippen molar-refractivity contribution in [3.8, 4) is 17.0 Å². The van der Waals surface area contributed by atoms with Crippen molar-refractivity contribution < 1.29 is 13.9 Å². The third kappa shape index (κ3) is 4.08. The second-order valence-electron chi connectivity index (χ2n) is 7.23. The van der Waals surface area contributed by atoms with Crippen molar-refractivity contribution in [2.45, 2.75) is 19.4 Å². The Balaban J connectivity index is 1.39. The van der Waals surface area contributed by atoms with E-state index in [1.807, 2.05) is 19.1 Å². The molecule has 0 bridgehead atoms. The predicted molar refractivity (Wildman–Crippen MR) is 110 cm³/mol. The van der Waals surface area contributed by atoms with Gasteiger partial charge in [-0.05, 0) is 66.9 Å². The average Bonchev–Trinajstić information content (AvgIpc) is 3.38. The molecule has 1 amide bonds. The van der Waals surface area contributed by atoms with E-state index in [-0.39, 0.29) is 17.8 Å². The van der Waals surface area contributed by atoms with E-state index in [0.717, 1.165) is 41.4 Å².